The number of halogens is 1. The summed E-state index contributed by atoms with van der Waals surface area (Å²) in [6.45, 7) is 2.47. The summed E-state index contributed by atoms with van der Waals surface area (Å²) >= 11 is 7.51. The first-order valence-electron chi connectivity index (χ1n) is 7.75. The molecule has 0 amide bonds. The molecule has 5 nitrogen and oxygen atoms in total. The summed E-state index contributed by atoms with van der Waals surface area (Å²) in [5.41, 5.74) is 3.12. The maximum absolute atomic E-state index is 12.5. The number of aromatic nitrogens is 3. The molecule has 0 spiro atoms. The second-order valence-electron chi connectivity index (χ2n) is 5.66. The van der Waals surface area contributed by atoms with Crippen LogP contribution in [0.2, 0.25) is 5.02 Å². The van der Waals surface area contributed by atoms with E-state index in [2.05, 4.69) is 9.97 Å². The van der Waals surface area contributed by atoms with Gasteiger partial charge in [-0.25, -0.2) is 9.97 Å². The molecule has 25 heavy (non-hydrogen) atoms. The summed E-state index contributed by atoms with van der Waals surface area (Å²) in [7, 11) is 0. The fraction of sp³-hybridized carbons (Fsp3) is 0.167. The van der Waals surface area contributed by atoms with E-state index in [1.54, 1.807) is 23.0 Å². The number of benzene rings is 2. The van der Waals surface area contributed by atoms with Crippen molar-refractivity contribution in [2.24, 2.45) is 0 Å². The van der Waals surface area contributed by atoms with Crippen LogP contribution in [0.5, 0.6) is 0 Å². The zero-order valence-electron chi connectivity index (χ0n) is 13.4. The molecular weight excluding hydrogens is 358 g/mol. The number of aryl methyl sites for hydroxylation is 2. The standard InChI is InChI=1S/C18H14ClN3O2S/c1-11-8-12(19)9-15-16(11)24-18(21-15)25-7-6-22-10-20-14-5-3-2-4-13(14)17(22)23/h2-5,8-10H,6-7H2,1H3. The van der Waals surface area contributed by atoms with E-state index in [1.165, 1.54) is 11.8 Å². The molecule has 7 heteroatoms. The molecule has 0 radical (unpaired) electrons. The molecule has 0 aliphatic carbocycles. The van der Waals surface area contributed by atoms with E-state index in [4.69, 9.17) is 16.0 Å². The molecule has 0 fully saturated rings. The predicted octanol–water partition coefficient (Wildman–Crippen LogP) is 4.29. The maximum atomic E-state index is 12.5. The predicted molar refractivity (Wildman–Crippen MR) is 100 cm³/mol. The molecule has 2 heterocycles. The van der Waals surface area contributed by atoms with Crippen LogP contribution in [0.4, 0.5) is 0 Å². The Bertz CT molecular complexity index is 1140. The van der Waals surface area contributed by atoms with Gasteiger partial charge < -0.3 is 4.42 Å². The highest BCUT2D eigenvalue weighted by Gasteiger charge is 2.10. The van der Waals surface area contributed by atoms with Gasteiger partial charge in [0, 0.05) is 17.3 Å². The third kappa shape index (κ3) is 3.15. The summed E-state index contributed by atoms with van der Waals surface area (Å²) < 4.78 is 7.39. The van der Waals surface area contributed by atoms with E-state index in [9.17, 15) is 4.79 Å². The average molecular weight is 372 g/mol. The SMILES string of the molecule is Cc1cc(Cl)cc2nc(SCCn3cnc4ccccc4c3=O)oc12. The van der Waals surface area contributed by atoms with Gasteiger partial charge in [0.15, 0.2) is 5.58 Å². The Morgan fingerprint density at radius 1 is 1.24 bits per heavy atom. The van der Waals surface area contributed by atoms with Gasteiger partial charge in [0.1, 0.15) is 5.52 Å². The molecule has 0 bridgehead atoms. The van der Waals surface area contributed by atoms with Crippen molar-refractivity contribution in [3.05, 3.63) is 63.7 Å². The highest BCUT2D eigenvalue weighted by Crippen LogP contribution is 2.28. The smallest absolute Gasteiger partial charge is 0.261 e. The summed E-state index contributed by atoms with van der Waals surface area (Å²) in [5.74, 6) is 0.652. The lowest BCUT2D eigenvalue weighted by Gasteiger charge is -2.05. The van der Waals surface area contributed by atoms with Gasteiger partial charge in [0.05, 0.1) is 17.2 Å². The van der Waals surface area contributed by atoms with Gasteiger partial charge >= 0.3 is 0 Å². The fourth-order valence-corrected chi connectivity index (χ4v) is 3.73. The highest BCUT2D eigenvalue weighted by atomic mass is 35.5. The molecule has 2 aromatic heterocycles. The Morgan fingerprint density at radius 3 is 2.96 bits per heavy atom. The minimum Gasteiger partial charge on any atom is -0.431 e. The number of thioether (sulfide) groups is 1. The molecular formula is C18H14ClN3O2S. The molecule has 2 aromatic carbocycles. The molecule has 0 aliphatic heterocycles. The zero-order chi connectivity index (χ0) is 17.4. The van der Waals surface area contributed by atoms with Crippen molar-refractivity contribution in [2.75, 3.05) is 5.75 Å². The largest absolute Gasteiger partial charge is 0.431 e. The summed E-state index contributed by atoms with van der Waals surface area (Å²) in [5, 5.41) is 1.84. The summed E-state index contributed by atoms with van der Waals surface area (Å²) in [4.78, 5) is 21.2. The van der Waals surface area contributed by atoms with Gasteiger partial charge in [-0.2, -0.15) is 0 Å². The van der Waals surface area contributed by atoms with E-state index >= 15 is 0 Å². The van der Waals surface area contributed by atoms with Crippen molar-refractivity contribution < 1.29 is 4.42 Å². The van der Waals surface area contributed by atoms with E-state index in [0.717, 1.165) is 16.7 Å². The highest BCUT2D eigenvalue weighted by molar-refractivity contribution is 7.99. The summed E-state index contributed by atoms with van der Waals surface area (Å²) in [6.07, 6.45) is 1.58. The maximum Gasteiger partial charge on any atom is 0.261 e. The first-order chi connectivity index (χ1) is 12.1. The topological polar surface area (TPSA) is 60.9 Å². The van der Waals surface area contributed by atoms with Gasteiger partial charge in [-0.15, -0.1) is 0 Å². The third-order valence-corrected chi connectivity index (χ3v) is 4.94. The Labute approximate surface area is 152 Å². The van der Waals surface area contributed by atoms with Crippen LogP contribution in [0.3, 0.4) is 0 Å². The number of oxazole rings is 1. The van der Waals surface area contributed by atoms with Crippen LogP contribution in [0.25, 0.3) is 22.0 Å². The second-order valence-corrected chi connectivity index (χ2v) is 7.14. The molecule has 0 atom stereocenters. The van der Waals surface area contributed by atoms with Gasteiger partial charge in [-0.1, -0.05) is 35.5 Å². The number of hydrogen-bond donors (Lipinski definition) is 0. The van der Waals surface area contributed by atoms with Crippen molar-refractivity contribution in [3.8, 4) is 0 Å². The molecule has 4 rings (SSSR count). The Kier molecular flexibility index (Phi) is 4.23. The zero-order valence-corrected chi connectivity index (χ0v) is 15.0. The number of fused-ring (bicyclic) bond motifs is 2. The lowest BCUT2D eigenvalue weighted by atomic mass is 10.2. The normalized spacial score (nSPS) is 11.4. The van der Waals surface area contributed by atoms with Gasteiger partial charge in [-0.05, 0) is 36.8 Å². The Morgan fingerprint density at radius 2 is 2.08 bits per heavy atom. The number of rotatable bonds is 4. The molecule has 0 aliphatic rings. The fourth-order valence-electron chi connectivity index (χ4n) is 2.69. The van der Waals surface area contributed by atoms with Crippen LogP contribution < -0.4 is 5.56 Å². The van der Waals surface area contributed by atoms with E-state index < -0.39 is 0 Å². The molecule has 4 aromatic rings. The van der Waals surface area contributed by atoms with Gasteiger partial charge in [-0.3, -0.25) is 9.36 Å². The van der Waals surface area contributed by atoms with E-state index in [0.29, 0.717) is 33.4 Å². The molecule has 0 saturated heterocycles. The summed E-state index contributed by atoms with van der Waals surface area (Å²) in [6, 6.07) is 11.0. The second kappa shape index (κ2) is 6.54. The van der Waals surface area contributed by atoms with Gasteiger partial charge in [0.25, 0.3) is 10.8 Å². The minimum atomic E-state index is -0.0357. The van der Waals surface area contributed by atoms with Crippen LogP contribution in [-0.4, -0.2) is 20.3 Å². The van der Waals surface area contributed by atoms with Gasteiger partial charge in [0.2, 0.25) is 0 Å². The van der Waals surface area contributed by atoms with Crippen LogP contribution >= 0.6 is 23.4 Å². The number of hydrogen-bond acceptors (Lipinski definition) is 5. The van der Waals surface area contributed by atoms with Crippen LogP contribution in [-0.2, 0) is 6.54 Å². The average Bonchev–Trinajstić information content (AvgIpc) is 3.00. The minimum absolute atomic E-state index is 0.0357. The monoisotopic (exact) mass is 371 g/mol. The van der Waals surface area contributed by atoms with Crippen molar-refractivity contribution in [1.29, 1.82) is 0 Å². The lowest BCUT2D eigenvalue weighted by Crippen LogP contribution is -2.21. The quantitative estimate of drug-likeness (QED) is 0.501. The molecule has 0 unspecified atom stereocenters. The number of nitrogens with zero attached hydrogens (tertiary/aromatic N) is 3. The van der Waals surface area contributed by atoms with Crippen LogP contribution in [0.1, 0.15) is 5.56 Å². The van der Waals surface area contributed by atoms with Crippen molar-refractivity contribution in [1.82, 2.24) is 14.5 Å². The van der Waals surface area contributed by atoms with E-state index in [-0.39, 0.29) is 5.56 Å². The first-order valence-corrected chi connectivity index (χ1v) is 9.12. The first kappa shape index (κ1) is 16.2. The van der Waals surface area contributed by atoms with Crippen LogP contribution in [0.15, 0.2) is 57.2 Å². The molecule has 0 saturated carbocycles. The Balaban J connectivity index is 1.52. The van der Waals surface area contributed by atoms with E-state index in [1.807, 2.05) is 31.2 Å². The number of para-hydroxylation sites is 1. The Hall–Kier alpha value is -2.31. The van der Waals surface area contributed by atoms with Crippen molar-refractivity contribution in [3.63, 3.8) is 0 Å². The van der Waals surface area contributed by atoms with Crippen LogP contribution in [0, 0.1) is 6.92 Å². The van der Waals surface area contributed by atoms with Crippen molar-refractivity contribution >= 4 is 45.4 Å². The molecule has 126 valence electrons. The molecule has 0 N–H and O–H groups in total. The lowest BCUT2D eigenvalue weighted by molar-refractivity contribution is 0.487. The third-order valence-electron chi connectivity index (χ3n) is 3.91. The van der Waals surface area contributed by atoms with Crippen molar-refractivity contribution in [2.45, 2.75) is 18.7 Å².